The molecule has 0 aromatic heterocycles. The third-order valence-electron chi connectivity index (χ3n) is 9.68. The Morgan fingerprint density at radius 2 is 1.83 bits per heavy atom. The molecule has 0 radical (unpaired) electrons. The van der Waals surface area contributed by atoms with Crippen LogP contribution in [0, 0.1) is 34.5 Å². The van der Waals surface area contributed by atoms with Crippen molar-refractivity contribution in [3.63, 3.8) is 0 Å². The summed E-state index contributed by atoms with van der Waals surface area (Å²) in [5.41, 5.74) is 3.63. The maximum atomic E-state index is 13.4. The minimum Gasteiger partial charge on any atom is -0.372 e. The summed E-state index contributed by atoms with van der Waals surface area (Å²) in [6.07, 6.45) is 1.45. The number of hydrogen-bond donors (Lipinski definition) is 3. The molecule has 1 spiro atoms. The molecule has 0 aromatic rings. The standard InChI is InChI=1S/C26H38N4O4.C2H2F3NO/c1-15(34-25(4)6-5-7-25)10-19(31)30-14-18-20(24(18,2)3)21(30)23(33)28-17(13-27)11-16-12-26(8-9-26)29-22(16)32;3-2(4,5)1(6)7/h15-18,20-21H,5-12,14H2,1-4H3,(H,28,33)(H,29,32);(H2,6,7)/t15-,16?,17?,18?,20?,21+;/m1./s1. The van der Waals surface area contributed by atoms with E-state index in [-0.39, 0.29) is 58.6 Å². The van der Waals surface area contributed by atoms with E-state index in [4.69, 9.17) is 9.53 Å². The van der Waals surface area contributed by atoms with Gasteiger partial charge in [0.25, 0.3) is 0 Å². The van der Waals surface area contributed by atoms with E-state index in [1.807, 2.05) is 6.92 Å². The van der Waals surface area contributed by atoms with E-state index in [0.29, 0.717) is 18.9 Å². The quantitative estimate of drug-likeness (QED) is 0.398. The second-order valence-corrected chi connectivity index (χ2v) is 13.3. The molecule has 2 saturated heterocycles. The van der Waals surface area contributed by atoms with E-state index in [2.05, 4.69) is 43.2 Å². The minimum absolute atomic E-state index is 0.00609. The van der Waals surface area contributed by atoms with E-state index >= 15 is 0 Å². The number of carbonyl (C=O) groups excluding carboxylic acids is 4. The van der Waals surface area contributed by atoms with Crippen LogP contribution in [0.2, 0.25) is 0 Å². The lowest BCUT2D eigenvalue weighted by Gasteiger charge is -2.40. The first-order valence-electron chi connectivity index (χ1n) is 14.3. The smallest absolute Gasteiger partial charge is 0.372 e. The number of ether oxygens (including phenoxy) is 1. The zero-order valence-electron chi connectivity index (χ0n) is 24.0. The van der Waals surface area contributed by atoms with Crippen LogP contribution >= 0.6 is 0 Å². The summed E-state index contributed by atoms with van der Waals surface area (Å²) in [4.78, 5) is 49.8. The van der Waals surface area contributed by atoms with E-state index in [0.717, 1.165) is 38.5 Å². The number of amides is 4. The first kappa shape index (κ1) is 31.1. The molecule has 6 atom stereocenters. The molecular weight excluding hydrogens is 543 g/mol. The zero-order chi connectivity index (χ0) is 30.5. The summed E-state index contributed by atoms with van der Waals surface area (Å²) in [6, 6.07) is 0.873. The van der Waals surface area contributed by atoms with Crippen molar-refractivity contribution in [2.45, 2.75) is 115 Å². The monoisotopic (exact) mass is 583 g/mol. The molecule has 4 N–H and O–H groups in total. The highest BCUT2D eigenvalue weighted by molar-refractivity contribution is 5.90. The Kier molecular flexibility index (Phi) is 8.14. The second-order valence-electron chi connectivity index (χ2n) is 13.3. The Morgan fingerprint density at radius 3 is 2.29 bits per heavy atom. The van der Waals surface area contributed by atoms with Gasteiger partial charge in [0, 0.05) is 18.0 Å². The summed E-state index contributed by atoms with van der Waals surface area (Å²) in [5.74, 6) is -2.45. The molecule has 5 aliphatic rings. The van der Waals surface area contributed by atoms with Gasteiger partial charge < -0.3 is 26.0 Å². The van der Waals surface area contributed by atoms with Crippen LogP contribution in [0.4, 0.5) is 13.2 Å². The number of likely N-dealkylation sites (tertiary alicyclic amines) is 1. The summed E-state index contributed by atoms with van der Waals surface area (Å²) in [5, 5.41) is 15.7. The third-order valence-corrected chi connectivity index (χ3v) is 9.68. The SMILES string of the molecule is C[C@H](CC(=O)N1CC2C([C@H]1C(=O)NC(C#N)CC1CC3(CC3)NC1=O)C2(C)C)OC1(C)CCC1.NC(=O)C(F)(F)F. The van der Waals surface area contributed by atoms with Gasteiger partial charge >= 0.3 is 12.1 Å². The largest absolute Gasteiger partial charge is 0.470 e. The fourth-order valence-corrected chi connectivity index (χ4v) is 6.86. The topological polar surface area (TPSA) is 155 Å². The maximum Gasteiger partial charge on any atom is 0.470 e. The lowest BCUT2D eigenvalue weighted by atomic mass is 9.81. The number of hydrogen-bond acceptors (Lipinski definition) is 6. The van der Waals surface area contributed by atoms with Crippen molar-refractivity contribution in [2.24, 2.45) is 28.9 Å². The molecule has 2 aliphatic heterocycles. The number of nitrogens with zero attached hydrogens (tertiary/aromatic N) is 2. The summed E-state index contributed by atoms with van der Waals surface area (Å²) >= 11 is 0. The number of fused-ring (bicyclic) bond motifs is 1. The van der Waals surface area contributed by atoms with Gasteiger partial charge in [-0.3, -0.25) is 19.2 Å². The first-order chi connectivity index (χ1) is 18.9. The fourth-order valence-electron chi connectivity index (χ4n) is 6.86. The Balaban J connectivity index is 0.000000493. The van der Waals surface area contributed by atoms with Gasteiger partial charge in [0.15, 0.2) is 0 Å². The maximum absolute atomic E-state index is 13.4. The minimum atomic E-state index is -4.86. The van der Waals surface area contributed by atoms with Gasteiger partial charge in [0.05, 0.1) is 24.2 Å². The van der Waals surface area contributed by atoms with Crippen LogP contribution in [0.5, 0.6) is 0 Å². The summed E-state index contributed by atoms with van der Waals surface area (Å²) in [7, 11) is 0. The predicted octanol–water partition coefficient (Wildman–Crippen LogP) is 2.31. The van der Waals surface area contributed by atoms with Gasteiger partial charge in [0.1, 0.15) is 12.1 Å². The molecule has 3 aliphatic carbocycles. The van der Waals surface area contributed by atoms with Gasteiger partial charge in [-0.1, -0.05) is 13.8 Å². The van der Waals surface area contributed by atoms with E-state index < -0.39 is 24.2 Å². The zero-order valence-corrected chi connectivity index (χ0v) is 24.0. The second kappa shape index (κ2) is 10.7. The number of nitrogens with one attached hydrogen (secondary N) is 2. The van der Waals surface area contributed by atoms with Gasteiger partial charge in [-0.2, -0.15) is 18.4 Å². The van der Waals surface area contributed by atoms with Gasteiger partial charge in [0.2, 0.25) is 17.7 Å². The highest BCUT2D eigenvalue weighted by Crippen LogP contribution is 2.65. The average molecular weight is 584 g/mol. The van der Waals surface area contributed by atoms with Crippen molar-refractivity contribution >= 4 is 23.6 Å². The highest BCUT2D eigenvalue weighted by atomic mass is 19.4. The van der Waals surface area contributed by atoms with Crippen molar-refractivity contribution in [1.29, 1.82) is 5.26 Å². The Labute approximate surface area is 237 Å². The van der Waals surface area contributed by atoms with Gasteiger partial charge in [-0.15, -0.1) is 0 Å². The van der Waals surface area contributed by atoms with Crippen LogP contribution in [0.3, 0.4) is 0 Å². The summed E-state index contributed by atoms with van der Waals surface area (Å²) in [6.45, 7) is 8.89. The lowest BCUT2D eigenvalue weighted by Crippen LogP contribution is -2.52. The Bertz CT molecular complexity index is 1130. The Hall–Kier alpha value is -2.88. The summed E-state index contributed by atoms with van der Waals surface area (Å²) < 4.78 is 38.2. The van der Waals surface area contributed by atoms with E-state index in [9.17, 15) is 32.8 Å². The van der Waals surface area contributed by atoms with Crippen LogP contribution < -0.4 is 16.4 Å². The molecule has 4 unspecified atom stereocenters. The molecule has 228 valence electrons. The molecule has 0 bridgehead atoms. The number of alkyl halides is 3. The number of rotatable bonds is 8. The molecule has 0 aromatic carbocycles. The van der Waals surface area contributed by atoms with E-state index in [1.165, 1.54) is 0 Å². The first-order valence-corrected chi connectivity index (χ1v) is 14.3. The molecule has 3 saturated carbocycles. The molecule has 5 rings (SSSR count). The van der Waals surface area contributed by atoms with Gasteiger partial charge in [-0.05, 0) is 76.0 Å². The van der Waals surface area contributed by atoms with Crippen LogP contribution in [0.15, 0.2) is 0 Å². The normalized spacial score (nSPS) is 30.9. The van der Waals surface area contributed by atoms with Crippen LogP contribution in [0.1, 0.15) is 79.1 Å². The van der Waals surface area contributed by atoms with Gasteiger partial charge in [-0.25, -0.2) is 0 Å². The molecule has 13 heteroatoms. The number of primary amides is 1. The molecule has 2 heterocycles. The number of nitriles is 1. The van der Waals surface area contributed by atoms with Crippen molar-refractivity contribution in [1.82, 2.24) is 15.5 Å². The Morgan fingerprint density at radius 1 is 1.22 bits per heavy atom. The lowest BCUT2D eigenvalue weighted by molar-refractivity contribution is -0.169. The fraction of sp³-hybridized carbons (Fsp3) is 0.821. The number of nitrogens with two attached hydrogens (primary N) is 1. The van der Waals surface area contributed by atoms with Crippen molar-refractivity contribution in [2.75, 3.05) is 6.54 Å². The molecule has 5 fully saturated rings. The van der Waals surface area contributed by atoms with E-state index in [1.54, 1.807) is 4.90 Å². The highest BCUT2D eigenvalue weighted by Gasteiger charge is 2.69. The van der Waals surface area contributed by atoms with Crippen molar-refractivity contribution in [3.8, 4) is 6.07 Å². The van der Waals surface area contributed by atoms with Crippen LogP contribution in [-0.2, 0) is 23.9 Å². The molecular formula is C28H40F3N5O5. The number of piperidine rings is 1. The number of halogens is 3. The van der Waals surface area contributed by atoms with Crippen molar-refractivity contribution < 1.29 is 37.1 Å². The average Bonchev–Trinajstić information content (AvgIpc) is 3.56. The molecule has 10 nitrogen and oxygen atoms in total. The molecule has 41 heavy (non-hydrogen) atoms. The predicted molar refractivity (Wildman–Crippen MR) is 139 cm³/mol. The number of carbonyl (C=O) groups is 4. The van der Waals surface area contributed by atoms with Crippen molar-refractivity contribution in [3.05, 3.63) is 0 Å². The van der Waals surface area contributed by atoms with Crippen LogP contribution in [-0.4, -0.2) is 70.6 Å². The third kappa shape index (κ3) is 6.63. The molecule has 4 amide bonds. The van der Waals surface area contributed by atoms with Crippen LogP contribution in [0.25, 0.3) is 0 Å².